The van der Waals surface area contributed by atoms with Gasteiger partial charge in [-0.3, -0.25) is 4.79 Å². The van der Waals surface area contributed by atoms with E-state index in [2.05, 4.69) is 36.8 Å². The predicted molar refractivity (Wildman–Crippen MR) is 87.8 cm³/mol. The van der Waals surface area contributed by atoms with Crippen LogP contribution in [0.15, 0.2) is 38.4 Å². The average Bonchev–Trinajstić information content (AvgIpc) is 3.18. The van der Waals surface area contributed by atoms with Crippen molar-refractivity contribution in [1.29, 1.82) is 0 Å². The number of halogens is 1. The largest absolute Gasteiger partial charge is 0.414 e. The van der Waals surface area contributed by atoms with Crippen LogP contribution in [0.3, 0.4) is 0 Å². The van der Waals surface area contributed by atoms with Crippen molar-refractivity contribution in [3.05, 3.63) is 34.6 Å². The molecular formula is C14H15BrN4O2S. The second-order valence-corrected chi connectivity index (χ2v) is 6.74. The molecule has 1 amide bonds. The topological polar surface area (TPSA) is 80.1 Å². The van der Waals surface area contributed by atoms with Crippen LogP contribution in [0, 0.1) is 0 Å². The summed E-state index contributed by atoms with van der Waals surface area (Å²) in [5.74, 6) is 0.731. The molecule has 1 aliphatic rings. The van der Waals surface area contributed by atoms with E-state index in [0.717, 1.165) is 29.5 Å². The van der Waals surface area contributed by atoms with E-state index < -0.39 is 0 Å². The van der Waals surface area contributed by atoms with Crippen LogP contribution in [0.4, 0.5) is 5.69 Å². The van der Waals surface area contributed by atoms with Gasteiger partial charge in [-0.2, -0.15) is 0 Å². The van der Waals surface area contributed by atoms with Crippen LogP contribution in [0.5, 0.6) is 0 Å². The van der Waals surface area contributed by atoms with Crippen LogP contribution in [0.2, 0.25) is 0 Å². The maximum atomic E-state index is 11.9. The Balaban J connectivity index is 1.49. The number of hydrogen-bond acceptors (Lipinski definition) is 6. The Hall–Kier alpha value is -1.38. The van der Waals surface area contributed by atoms with Crippen LogP contribution in [-0.4, -0.2) is 28.4 Å². The Morgan fingerprint density at radius 2 is 2.23 bits per heavy atom. The molecule has 0 bridgehead atoms. The Labute approximate surface area is 140 Å². The fraction of sp³-hybridized carbons (Fsp3) is 0.357. The molecule has 6 nitrogen and oxygen atoms in total. The number of nitrogens with zero attached hydrogens (tertiary/aromatic N) is 2. The summed E-state index contributed by atoms with van der Waals surface area (Å²) in [6.45, 7) is 0.977. The van der Waals surface area contributed by atoms with E-state index in [4.69, 9.17) is 4.42 Å². The lowest BCUT2D eigenvalue weighted by molar-refractivity contribution is -0.113. The summed E-state index contributed by atoms with van der Waals surface area (Å²) >= 11 is 4.59. The van der Waals surface area contributed by atoms with Gasteiger partial charge in [-0.1, -0.05) is 27.7 Å². The summed E-state index contributed by atoms with van der Waals surface area (Å²) in [4.78, 5) is 11.9. The number of benzene rings is 1. The molecule has 1 aromatic heterocycles. The molecule has 116 valence electrons. The number of hydrogen-bond donors (Lipinski definition) is 2. The minimum Gasteiger partial charge on any atom is -0.414 e. The molecule has 0 saturated carbocycles. The van der Waals surface area contributed by atoms with Crippen molar-refractivity contribution in [3.63, 3.8) is 0 Å². The van der Waals surface area contributed by atoms with Crippen molar-refractivity contribution >= 4 is 39.3 Å². The molecular weight excluding hydrogens is 368 g/mol. The Kier molecular flexibility index (Phi) is 5.12. The van der Waals surface area contributed by atoms with Crippen molar-refractivity contribution in [2.45, 2.75) is 24.1 Å². The third-order valence-corrected chi connectivity index (χ3v) is 4.58. The number of amides is 1. The van der Waals surface area contributed by atoms with Gasteiger partial charge < -0.3 is 15.1 Å². The Morgan fingerprint density at radius 3 is 2.95 bits per heavy atom. The zero-order valence-electron chi connectivity index (χ0n) is 11.7. The SMILES string of the molecule is O=C(CSc1nnc(C2CCCN2)o1)Nc1ccc(Br)cc1. The Morgan fingerprint density at radius 1 is 1.41 bits per heavy atom. The lowest BCUT2D eigenvalue weighted by Crippen LogP contribution is -2.13. The van der Waals surface area contributed by atoms with E-state index in [1.54, 1.807) is 0 Å². The fourth-order valence-corrected chi connectivity index (χ4v) is 3.01. The van der Waals surface area contributed by atoms with Crippen molar-refractivity contribution in [1.82, 2.24) is 15.5 Å². The number of carbonyl (C=O) groups excluding carboxylic acids is 1. The van der Waals surface area contributed by atoms with Crippen LogP contribution in [-0.2, 0) is 4.79 Å². The number of anilines is 1. The summed E-state index contributed by atoms with van der Waals surface area (Å²) in [6, 6.07) is 7.58. The maximum absolute atomic E-state index is 11.9. The summed E-state index contributed by atoms with van der Waals surface area (Å²) < 4.78 is 6.55. The standard InChI is InChI=1S/C14H15BrN4O2S/c15-9-3-5-10(6-4-9)17-12(20)8-22-14-19-18-13(21-14)11-2-1-7-16-11/h3-6,11,16H,1-2,7-8H2,(H,17,20). The highest BCUT2D eigenvalue weighted by Gasteiger charge is 2.22. The normalized spacial score (nSPS) is 17.6. The van der Waals surface area contributed by atoms with Gasteiger partial charge in [0, 0.05) is 10.2 Å². The summed E-state index contributed by atoms with van der Waals surface area (Å²) in [7, 11) is 0. The lowest BCUT2D eigenvalue weighted by Gasteiger charge is -2.04. The van der Waals surface area contributed by atoms with E-state index >= 15 is 0 Å². The first-order valence-electron chi connectivity index (χ1n) is 6.96. The van der Waals surface area contributed by atoms with E-state index in [-0.39, 0.29) is 17.7 Å². The number of nitrogens with one attached hydrogen (secondary N) is 2. The first-order valence-corrected chi connectivity index (χ1v) is 8.73. The summed E-state index contributed by atoms with van der Waals surface area (Å²) in [5.41, 5.74) is 0.759. The quantitative estimate of drug-likeness (QED) is 0.773. The van der Waals surface area contributed by atoms with Crippen molar-refractivity contribution in [2.75, 3.05) is 17.6 Å². The minimum atomic E-state index is -0.105. The molecule has 0 radical (unpaired) electrons. The molecule has 1 atom stereocenters. The molecule has 3 rings (SSSR count). The average molecular weight is 383 g/mol. The van der Waals surface area contributed by atoms with Gasteiger partial charge >= 0.3 is 0 Å². The molecule has 0 aliphatic carbocycles. The molecule has 1 unspecified atom stereocenters. The predicted octanol–water partition coefficient (Wildman–Crippen LogP) is 2.99. The van der Waals surface area contributed by atoms with Crippen LogP contribution < -0.4 is 10.6 Å². The van der Waals surface area contributed by atoms with E-state index in [1.165, 1.54) is 11.8 Å². The highest BCUT2D eigenvalue weighted by Crippen LogP contribution is 2.25. The molecule has 1 fully saturated rings. The van der Waals surface area contributed by atoms with Gasteiger partial charge in [0.25, 0.3) is 5.22 Å². The summed E-state index contributed by atoms with van der Waals surface area (Å²) in [6.07, 6.45) is 2.13. The summed E-state index contributed by atoms with van der Waals surface area (Å²) in [5, 5.41) is 14.5. The Bertz CT molecular complexity index is 641. The van der Waals surface area contributed by atoms with E-state index in [0.29, 0.717) is 11.1 Å². The third kappa shape index (κ3) is 4.08. The second-order valence-electron chi connectivity index (χ2n) is 4.90. The van der Waals surface area contributed by atoms with Gasteiger partial charge in [-0.25, -0.2) is 0 Å². The molecule has 2 aromatic rings. The number of aromatic nitrogens is 2. The first kappa shape index (κ1) is 15.5. The molecule has 1 aliphatic heterocycles. The maximum Gasteiger partial charge on any atom is 0.277 e. The molecule has 1 saturated heterocycles. The number of rotatable bonds is 5. The first-order chi connectivity index (χ1) is 10.7. The zero-order valence-corrected chi connectivity index (χ0v) is 14.1. The van der Waals surface area contributed by atoms with Gasteiger partial charge in [0.2, 0.25) is 11.8 Å². The van der Waals surface area contributed by atoms with Gasteiger partial charge in [-0.05, 0) is 43.7 Å². The van der Waals surface area contributed by atoms with Crippen LogP contribution >= 0.6 is 27.7 Å². The highest BCUT2D eigenvalue weighted by atomic mass is 79.9. The van der Waals surface area contributed by atoms with Crippen molar-refractivity contribution in [2.24, 2.45) is 0 Å². The van der Waals surface area contributed by atoms with Gasteiger partial charge in [-0.15, -0.1) is 10.2 Å². The smallest absolute Gasteiger partial charge is 0.277 e. The lowest BCUT2D eigenvalue weighted by atomic mass is 10.2. The van der Waals surface area contributed by atoms with E-state index in [1.807, 2.05) is 24.3 Å². The molecule has 0 spiro atoms. The van der Waals surface area contributed by atoms with Crippen LogP contribution in [0.25, 0.3) is 0 Å². The van der Waals surface area contributed by atoms with Gasteiger partial charge in [0.05, 0.1) is 11.8 Å². The van der Waals surface area contributed by atoms with Gasteiger partial charge in [0.15, 0.2) is 0 Å². The van der Waals surface area contributed by atoms with Gasteiger partial charge in [0.1, 0.15) is 0 Å². The highest BCUT2D eigenvalue weighted by molar-refractivity contribution is 9.10. The molecule has 2 heterocycles. The van der Waals surface area contributed by atoms with Crippen molar-refractivity contribution < 1.29 is 9.21 Å². The van der Waals surface area contributed by atoms with E-state index in [9.17, 15) is 4.79 Å². The molecule has 8 heteroatoms. The second kappa shape index (κ2) is 7.26. The number of carbonyl (C=O) groups is 1. The molecule has 22 heavy (non-hydrogen) atoms. The molecule has 1 aromatic carbocycles. The molecule has 2 N–H and O–H groups in total. The van der Waals surface area contributed by atoms with Crippen molar-refractivity contribution in [3.8, 4) is 0 Å². The van der Waals surface area contributed by atoms with Crippen LogP contribution in [0.1, 0.15) is 24.8 Å². The number of thioether (sulfide) groups is 1. The minimum absolute atomic E-state index is 0.105. The monoisotopic (exact) mass is 382 g/mol. The fourth-order valence-electron chi connectivity index (χ4n) is 2.17. The zero-order chi connectivity index (χ0) is 15.4. The third-order valence-electron chi connectivity index (χ3n) is 3.24.